The van der Waals surface area contributed by atoms with Gasteiger partial charge in [0.1, 0.15) is 5.69 Å². The van der Waals surface area contributed by atoms with Gasteiger partial charge >= 0.3 is 5.69 Å². The predicted octanol–water partition coefficient (Wildman–Crippen LogP) is -0.807. The zero-order valence-corrected chi connectivity index (χ0v) is 12.0. The Morgan fingerprint density at radius 1 is 1.35 bits per heavy atom. The molecule has 1 N–H and O–H groups in total. The highest BCUT2D eigenvalue weighted by Gasteiger charge is 2.12. The van der Waals surface area contributed by atoms with Gasteiger partial charge in [-0.2, -0.15) is 0 Å². The van der Waals surface area contributed by atoms with Crippen LogP contribution in [-0.2, 0) is 23.6 Å². The third kappa shape index (κ3) is 3.31. The van der Waals surface area contributed by atoms with Crippen LogP contribution in [0, 0.1) is 0 Å². The Labute approximate surface area is 116 Å². The molecule has 0 saturated carbocycles. The molecule has 0 aliphatic heterocycles. The fourth-order valence-electron chi connectivity index (χ4n) is 1.69. The third-order valence-corrected chi connectivity index (χ3v) is 3.35. The van der Waals surface area contributed by atoms with Crippen molar-refractivity contribution in [1.82, 2.24) is 24.1 Å². The summed E-state index contributed by atoms with van der Waals surface area (Å²) in [5.41, 5.74) is 0.267. The molecule has 108 valence electrons. The molecule has 0 aliphatic rings. The van der Waals surface area contributed by atoms with Gasteiger partial charge in [-0.05, 0) is 12.1 Å². The van der Waals surface area contributed by atoms with Gasteiger partial charge < -0.3 is 0 Å². The smallest absolute Gasteiger partial charge is 0.277 e. The van der Waals surface area contributed by atoms with E-state index in [0.717, 1.165) is 6.26 Å². The molecule has 0 fully saturated rings. The second-order valence-electron chi connectivity index (χ2n) is 4.27. The summed E-state index contributed by atoms with van der Waals surface area (Å²) in [6.07, 6.45) is 2.68. The number of hydrogen-bond donors (Lipinski definition) is 1. The Balaban J connectivity index is 2.23. The molecule has 0 unspecified atom stereocenters. The van der Waals surface area contributed by atoms with E-state index in [0.29, 0.717) is 11.5 Å². The molecule has 0 aliphatic carbocycles. The Hall–Kier alpha value is -2.00. The van der Waals surface area contributed by atoms with Gasteiger partial charge in [-0.15, -0.1) is 5.10 Å². The molecule has 8 nitrogen and oxygen atoms in total. The number of nitrogens with zero attached hydrogens (tertiary/aromatic N) is 4. The predicted molar refractivity (Wildman–Crippen MR) is 73.5 cm³/mol. The van der Waals surface area contributed by atoms with Crippen molar-refractivity contribution >= 4 is 10.0 Å². The van der Waals surface area contributed by atoms with Crippen molar-refractivity contribution < 1.29 is 8.42 Å². The average molecular weight is 297 g/mol. The number of rotatable bonds is 5. The standard InChI is InChI=1S/C11H15N5O3S/c1-15-10(9-5-3-4-6-12-9)14-16(11(15)17)8-7-13-20(2,18)19/h3-6,13H,7-8H2,1-2H3. The van der Waals surface area contributed by atoms with Gasteiger partial charge in [-0.1, -0.05) is 6.07 Å². The molecule has 0 bridgehead atoms. The van der Waals surface area contributed by atoms with Crippen LogP contribution in [0.2, 0.25) is 0 Å². The van der Waals surface area contributed by atoms with Crippen LogP contribution >= 0.6 is 0 Å². The van der Waals surface area contributed by atoms with Crippen LogP contribution in [0.25, 0.3) is 11.5 Å². The first-order valence-electron chi connectivity index (χ1n) is 5.88. The van der Waals surface area contributed by atoms with E-state index < -0.39 is 10.0 Å². The van der Waals surface area contributed by atoms with E-state index in [-0.39, 0.29) is 18.8 Å². The molecule has 9 heteroatoms. The maximum Gasteiger partial charge on any atom is 0.346 e. The lowest BCUT2D eigenvalue weighted by atomic mass is 10.3. The van der Waals surface area contributed by atoms with Crippen molar-refractivity contribution in [3.63, 3.8) is 0 Å². The highest BCUT2D eigenvalue weighted by atomic mass is 32.2. The molecule has 0 radical (unpaired) electrons. The second-order valence-corrected chi connectivity index (χ2v) is 6.10. The van der Waals surface area contributed by atoms with Crippen molar-refractivity contribution in [2.75, 3.05) is 12.8 Å². The molecule has 0 spiro atoms. The summed E-state index contributed by atoms with van der Waals surface area (Å²) in [5.74, 6) is 0.440. The highest BCUT2D eigenvalue weighted by molar-refractivity contribution is 7.88. The SMILES string of the molecule is Cn1c(-c2ccccn2)nn(CCNS(C)(=O)=O)c1=O. The molecule has 2 heterocycles. The highest BCUT2D eigenvalue weighted by Crippen LogP contribution is 2.09. The van der Waals surface area contributed by atoms with E-state index in [1.807, 2.05) is 0 Å². The molecule has 20 heavy (non-hydrogen) atoms. The Bertz CT molecular complexity index is 748. The summed E-state index contributed by atoms with van der Waals surface area (Å²) in [6, 6.07) is 5.33. The zero-order chi connectivity index (χ0) is 14.8. The quantitative estimate of drug-likeness (QED) is 0.778. The number of aromatic nitrogens is 4. The Morgan fingerprint density at radius 3 is 2.70 bits per heavy atom. The van der Waals surface area contributed by atoms with E-state index in [2.05, 4.69) is 14.8 Å². The minimum atomic E-state index is -3.27. The van der Waals surface area contributed by atoms with Crippen LogP contribution in [0.4, 0.5) is 0 Å². The first kappa shape index (κ1) is 14.4. The van der Waals surface area contributed by atoms with Gasteiger partial charge in [0.25, 0.3) is 0 Å². The lowest BCUT2D eigenvalue weighted by Crippen LogP contribution is -2.31. The second kappa shape index (κ2) is 5.55. The van der Waals surface area contributed by atoms with Gasteiger partial charge in [0.15, 0.2) is 5.82 Å². The molecule has 0 aromatic carbocycles. The van der Waals surface area contributed by atoms with E-state index >= 15 is 0 Å². The van der Waals surface area contributed by atoms with E-state index in [9.17, 15) is 13.2 Å². The lowest BCUT2D eigenvalue weighted by molar-refractivity contribution is 0.554. The van der Waals surface area contributed by atoms with Gasteiger partial charge in [-0.25, -0.2) is 22.6 Å². The topological polar surface area (TPSA) is 98.9 Å². The van der Waals surface area contributed by atoms with Crippen molar-refractivity contribution in [1.29, 1.82) is 0 Å². The molecule has 2 aromatic rings. The average Bonchev–Trinajstić information content (AvgIpc) is 2.67. The first-order valence-corrected chi connectivity index (χ1v) is 7.77. The molecule has 0 atom stereocenters. The van der Waals surface area contributed by atoms with Gasteiger partial charge in [0, 0.05) is 19.8 Å². The van der Waals surface area contributed by atoms with Gasteiger partial charge in [0.05, 0.1) is 12.8 Å². The van der Waals surface area contributed by atoms with Crippen LogP contribution in [0.3, 0.4) is 0 Å². The van der Waals surface area contributed by atoms with Crippen molar-refractivity contribution in [3.05, 3.63) is 34.9 Å². The fraction of sp³-hybridized carbons (Fsp3) is 0.364. The molecular formula is C11H15N5O3S. The Kier molecular flexibility index (Phi) is 4.00. The normalized spacial score (nSPS) is 11.7. The maximum absolute atomic E-state index is 12.0. The van der Waals surface area contributed by atoms with Crippen molar-refractivity contribution in [3.8, 4) is 11.5 Å². The van der Waals surface area contributed by atoms with Crippen LogP contribution in [0.5, 0.6) is 0 Å². The summed E-state index contributed by atoms with van der Waals surface area (Å²) >= 11 is 0. The monoisotopic (exact) mass is 297 g/mol. The first-order chi connectivity index (χ1) is 9.38. The molecule has 2 rings (SSSR count). The largest absolute Gasteiger partial charge is 0.346 e. The van der Waals surface area contributed by atoms with Gasteiger partial charge in [0.2, 0.25) is 10.0 Å². The van der Waals surface area contributed by atoms with Crippen molar-refractivity contribution in [2.45, 2.75) is 6.54 Å². The lowest BCUT2D eigenvalue weighted by Gasteiger charge is -2.00. The van der Waals surface area contributed by atoms with Crippen LogP contribution in [0.1, 0.15) is 0 Å². The summed E-state index contributed by atoms with van der Waals surface area (Å²) in [5, 5.41) is 4.17. The molecule has 0 amide bonds. The van der Waals surface area contributed by atoms with Crippen LogP contribution < -0.4 is 10.4 Å². The zero-order valence-electron chi connectivity index (χ0n) is 11.1. The van der Waals surface area contributed by atoms with E-state index in [4.69, 9.17) is 0 Å². The molecule has 0 saturated heterocycles. The maximum atomic E-state index is 12.0. The number of hydrogen-bond acceptors (Lipinski definition) is 5. The number of pyridine rings is 1. The van der Waals surface area contributed by atoms with Crippen LogP contribution in [0.15, 0.2) is 29.2 Å². The summed E-state index contributed by atoms with van der Waals surface area (Å²) in [7, 11) is -1.68. The molecular weight excluding hydrogens is 282 g/mol. The summed E-state index contributed by atoms with van der Waals surface area (Å²) < 4.78 is 26.8. The number of nitrogens with one attached hydrogen (secondary N) is 1. The van der Waals surface area contributed by atoms with E-state index in [1.165, 1.54) is 9.25 Å². The van der Waals surface area contributed by atoms with Crippen molar-refractivity contribution in [2.24, 2.45) is 7.05 Å². The van der Waals surface area contributed by atoms with E-state index in [1.54, 1.807) is 31.4 Å². The summed E-state index contributed by atoms with van der Waals surface area (Å²) in [6.45, 7) is 0.268. The third-order valence-electron chi connectivity index (χ3n) is 2.62. The summed E-state index contributed by atoms with van der Waals surface area (Å²) in [4.78, 5) is 16.1. The van der Waals surface area contributed by atoms with Gasteiger partial charge in [-0.3, -0.25) is 9.55 Å². The minimum absolute atomic E-state index is 0.109. The Morgan fingerprint density at radius 2 is 2.10 bits per heavy atom. The minimum Gasteiger partial charge on any atom is -0.277 e. The van der Waals surface area contributed by atoms with Crippen LogP contribution in [-0.4, -0.2) is 40.5 Å². The molecule has 2 aromatic heterocycles. The fourth-order valence-corrected chi connectivity index (χ4v) is 2.15. The number of sulfonamides is 1.